The Bertz CT molecular complexity index is 1100. The second kappa shape index (κ2) is 9.01. The van der Waals surface area contributed by atoms with E-state index in [1.165, 1.54) is 23.4 Å². The molecule has 0 radical (unpaired) electrons. The van der Waals surface area contributed by atoms with Crippen molar-refractivity contribution in [3.63, 3.8) is 0 Å². The van der Waals surface area contributed by atoms with E-state index in [2.05, 4.69) is 11.9 Å². The van der Waals surface area contributed by atoms with Crippen LogP contribution in [0.2, 0.25) is 5.02 Å². The third-order valence-electron chi connectivity index (χ3n) is 4.86. The minimum absolute atomic E-state index is 0.300. The molecule has 2 aromatic heterocycles. The number of rotatable bonds is 8. The molecule has 2 heterocycles. The van der Waals surface area contributed by atoms with Crippen molar-refractivity contribution < 1.29 is 0 Å². The smallest absolute Gasteiger partial charge is 0.313 e. The molecule has 0 saturated heterocycles. The number of fused-ring (bicyclic) bond motifs is 1. The highest BCUT2D eigenvalue weighted by atomic mass is 35.5. The van der Waals surface area contributed by atoms with E-state index in [4.69, 9.17) is 11.6 Å². The van der Waals surface area contributed by atoms with Gasteiger partial charge in [-0.3, -0.25) is 13.9 Å². The molecule has 0 amide bonds. The summed E-state index contributed by atoms with van der Waals surface area (Å²) < 4.78 is 4.56. The zero-order valence-corrected chi connectivity index (χ0v) is 18.0. The minimum Gasteiger partial charge on any atom is -0.313 e. The van der Waals surface area contributed by atoms with Crippen LogP contribution in [-0.2, 0) is 26.4 Å². The van der Waals surface area contributed by atoms with Gasteiger partial charge in [0.25, 0.3) is 5.56 Å². The summed E-state index contributed by atoms with van der Waals surface area (Å²) in [5.41, 5.74) is 1.27. The van der Waals surface area contributed by atoms with Crippen molar-refractivity contribution in [3.8, 4) is 0 Å². The van der Waals surface area contributed by atoms with Crippen LogP contribution >= 0.6 is 23.4 Å². The summed E-state index contributed by atoms with van der Waals surface area (Å²) in [4.78, 5) is 29.8. The average molecular weight is 421 g/mol. The maximum absolute atomic E-state index is 12.8. The Balaban J connectivity index is 2.03. The predicted molar refractivity (Wildman–Crippen MR) is 115 cm³/mol. The van der Waals surface area contributed by atoms with Gasteiger partial charge in [-0.25, -0.2) is 9.78 Å². The Morgan fingerprint density at radius 1 is 1.07 bits per heavy atom. The van der Waals surface area contributed by atoms with E-state index in [0.717, 1.165) is 41.0 Å². The second-order valence-electron chi connectivity index (χ2n) is 6.86. The number of halogens is 1. The number of hydrogen-bond acceptors (Lipinski definition) is 4. The zero-order valence-electron chi connectivity index (χ0n) is 16.4. The molecule has 28 heavy (non-hydrogen) atoms. The molecular weight excluding hydrogens is 396 g/mol. The number of hydrogen-bond donors (Lipinski definition) is 0. The third-order valence-corrected chi connectivity index (χ3v) is 6.26. The summed E-state index contributed by atoms with van der Waals surface area (Å²) in [6.07, 6.45) is 4.36. The SMILES string of the molecule is CCCCCCn1c(SCc2ccccc2Cl)nc2c1c(=O)n(C)c(=O)n2C. The molecule has 0 saturated carbocycles. The molecule has 6 nitrogen and oxygen atoms in total. The summed E-state index contributed by atoms with van der Waals surface area (Å²) in [6.45, 7) is 2.87. The van der Waals surface area contributed by atoms with Crippen molar-refractivity contribution in [2.45, 2.75) is 50.1 Å². The fourth-order valence-corrected chi connectivity index (χ4v) is 4.51. The number of aryl methyl sites for hydroxylation is 2. The van der Waals surface area contributed by atoms with Gasteiger partial charge in [-0.1, -0.05) is 67.7 Å². The molecule has 0 atom stereocenters. The monoisotopic (exact) mass is 420 g/mol. The summed E-state index contributed by atoms with van der Waals surface area (Å²) in [7, 11) is 3.16. The maximum atomic E-state index is 12.8. The van der Waals surface area contributed by atoms with Crippen LogP contribution in [0, 0.1) is 0 Å². The number of unbranched alkanes of at least 4 members (excludes halogenated alkanes) is 3. The lowest BCUT2D eigenvalue weighted by Gasteiger charge is -2.09. The number of benzene rings is 1. The van der Waals surface area contributed by atoms with Crippen LogP contribution in [0.1, 0.15) is 38.2 Å². The van der Waals surface area contributed by atoms with Crippen LogP contribution in [0.4, 0.5) is 0 Å². The van der Waals surface area contributed by atoms with Gasteiger partial charge in [0, 0.05) is 31.4 Å². The molecule has 3 rings (SSSR count). The fourth-order valence-electron chi connectivity index (χ4n) is 3.20. The first kappa shape index (κ1) is 20.7. The van der Waals surface area contributed by atoms with Crippen LogP contribution in [0.5, 0.6) is 0 Å². The van der Waals surface area contributed by atoms with Gasteiger partial charge in [-0.15, -0.1) is 0 Å². The quantitative estimate of drug-likeness (QED) is 0.408. The van der Waals surface area contributed by atoms with Crippen LogP contribution in [0.15, 0.2) is 39.0 Å². The number of nitrogens with zero attached hydrogens (tertiary/aromatic N) is 4. The summed E-state index contributed by atoms with van der Waals surface area (Å²) in [6, 6.07) is 7.71. The topological polar surface area (TPSA) is 61.8 Å². The standard InChI is InChI=1S/C20H25ClN4O2S/c1-4-5-6-9-12-25-16-17(23(2)20(27)24(3)18(16)26)22-19(25)28-13-14-10-7-8-11-15(14)21/h7-8,10-11H,4-6,9,12-13H2,1-3H3. The third kappa shape index (κ3) is 4.05. The Morgan fingerprint density at radius 3 is 2.54 bits per heavy atom. The molecule has 0 spiro atoms. The first-order valence-corrected chi connectivity index (χ1v) is 10.8. The fraction of sp³-hybridized carbons (Fsp3) is 0.450. The Morgan fingerprint density at radius 2 is 1.82 bits per heavy atom. The van der Waals surface area contributed by atoms with Gasteiger partial charge in [0.05, 0.1) is 0 Å². The van der Waals surface area contributed by atoms with Crippen LogP contribution in [0.3, 0.4) is 0 Å². The van der Waals surface area contributed by atoms with Crippen LogP contribution < -0.4 is 11.2 Å². The molecule has 0 aliphatic heterocycles. The largest absolute Gasteiger partial charge is 0.332 e. The predicted octanol–water partition coefficient (Wildman–Crippen LogP) is 3.96. The summed E-state index contributed by atoms with van der Waals surface area (Å²) >= 11 is 7.82. The van der Waals surface area contributed by atoms with Gasteiger partial charge in [0.2, 0.25) is 0 Å². The van der Waals surface area contributed by atoms with Gasteiger partial charge in [0.15, 0.2) is 16.3 Å². The van der Waals surface area contributed by atoms with Crippen molar-refractivity contribution in [1.29, 1.82) is 0 Å². The van der Waals surface area contributed by atoms with E-state index in [1.54, 1.807) is 7.05 Å². The zero-order chi connectivity index (χ0) is 20.3. The summed E-state index contributed by atoms with van der Waals surface area (Å²) in [5, 5.41) is 1.45. The Labute approximate surface area is 173 Å². The molecule has 1 aromatic carbocycles. The van der Waals surface area contributed by atoms with Crippen molar-refractivity contribution in [1.82, 2.24) is 18.7 Å². The molecule has 0 fully saturated rings. The Hall–Kier alpha value is -1.99. The van der Waals surface area contributed by atoms with E-state index < -0.39 is 0 Å². The second-order valence-corrected chi connectivity index (χ2v) is 8.21. The molecule has 0 unspecified atom stereocenters. The lowest BCUT2D eigenvalue weighted by Crippen LogP contribution is -2.37. The van der Waals surface area contributed by atoms with E-state index in [9.17, 15) is 9.59 Å². The molecule has 8 heteroatoms. The molecule has 3 aromatic rings. The van der Waals surface area contributed by atoms with E-state index in [-0.39, 0.29) is 11.2 Å². The van der Waals surface area contributed by atoms with Gasteiger partial charge in [-0.05, 0) is 18.1 Å². The first-order valence-electron chi connectivity index (χ1n) is 9.48. The number of imidazole rings is 1. The van der Waals surface area contributed by atoms with Gasteiger partial charge >= 0.3 is 5.69 Å². The van der Waals surface area contributed by atoms with Gasteiger partial charge in [-0.2, -0.15) is 0 Å². The van der Waals surface area contributed by atoms with E-state index >= 15 is 0 Å². The molecule has 0 bridgehead atoms. The lowest BCUT2D eigenvalue weighted by atomic mass is 10.2. The van der Waals surface area contributed by atoms with Gasteiger partial charge < -0.3 is 4.57 Å². The molecule has 0 aliphatic rings. The summed E-state index contributed by atoms with van der Waals surface area (Å²) in [5.74, 6) is 0.645. The van der Waals surface area contributed by atoms with Crippen molar-refractivity contribution in [2.75, 3.05) is 0 Å². The van der Waals surface area contributed by atoms with E-state index in [1.807, 2.05) is 28.8 Å². The number of thioether (sulfide) groups is 1. The highest BCUT2D eigenvalue weighted by Gasteiger charge is 2.19. The molecule has 0 aliphatic carbocycles. The number of aromatic nitrogens is 4. The van der Waals surface area contributed by atoms with Crippen molar-refractivity contribution >= 4 is 34.5 Å². The van der Waals surface area contributed by atoms with Crippen molar-refractivity contribution in [3.05, 3.63) is 55.7 Å². The molecular formula is C20H25ClN4O2S. The normalized spacial score (nSPS) is 11.4. The van der Waals surface area contributed by atoms with Crippen LogP contribution in [0.25, 0.3) is 11.2 Å². The molecule has 0 N–H and O–H groups in total. The highest BCUT2D eigenvalue weighted by molar-refractivity contribution is 7.98. The lowest BCUT2D eigenvalue weighted by molar-refractivity contribution is 0.561. The van der Waals surface area contributed by atoms with Crippen LogP contribution in [-0.4, -0.2) is 18.7 Å². The highest BCUT2D eigenvalue weighted by Crippen LogP contribution is 2.28. The molecule has 150 valence electrons. The van der Waals surface area contributed by atoms with Crippen molar-refractivity contribution in [2.24, 2.45) is 14.1 Å². The van der Waals surface area contributed by atoms with E-state index in [0.29, 0.717) is 28.5 Å². The van der Waals surface area contributed by atoms with Gasteiger partial charge in [0.1, 0.15) is 0 Å². The Kier molecular flexibility index (Phi) is 6.67. The maximum Gasteiger partial charge on any atom is 0.332 e. The first-order chi connectivity index (χ1) is 13.5. The average Bonchev–Trinajstić information content (AvgIpc) is 3.06. The minimum atomic E-state index is -0.365.